The first-order valence-corrected chi connectivity index (χ1v) is 13.3. The summed E-state index contributed by atoms with van der Waals surface area (Å²) in [5.74, 6) is -2.80. The van der Waals surface area contributed by atoms with Gasteiger partial charge in [-0.2, -0.15) is 13.2 Å². The van der Waals surface area contributed by atoms with E-state index in [0.29, 0.717) is 17.7 Å². The van der Waals surface area contributed by atoms with E-state index in [2.05, 4.69) is 15.4 Å². The van der Waals surface area contributed by atoms with Crippen LogP contribution in [0.1, 0.15) is 35.6 Å². The summed E-state index contributed by atoms with van der Waals surface area (Å²) >= 11 is 0. The molecule has 0 aromatic heterocycles. The number of hydrogen-bond acceptors (Lipinski definition) is 8. The lowest BCUT2D eigenvalue weighted by molar-refractivity contribution is -0.274. The van der Waals surface area contributed by atoms with E-state index in [4.69, 9.17) is 17.2 Å². The molecule has 2 aromatic carbocycles. The van der Waals surface area contributed by atoms with Gasteiger partial charge in [0.25, 0.3) is 0 Å². The SMILES string of the molecule is NCCN(CCN)C(=O)CC[C@H](N)C(=O)NC(C(=O)NCc1ccc(OC(F)(F)F)cc1)[C@H](O)c1ccc(C(F)(F)F)cc1. The van der Waals surface area contributed by atoms with Crippen LogP contribution in [0.15, 0.2) is 48.5 Å². The molecule has 0 aliphatic carbocycles. The summed E-state index contributed by atoms with van der Waals surface area (Å²) in [5.41, 5.74) is 16.1. The molecule has 1 unspecified atom stereocenters. The summed E-state index contributed by atoms with van der Waals surface area (Å²) in [4.78, 5) is 39.9. The third-order valence-electron chi connectivity index (χ3n) is 6.26. The summed E-state index contributed by atoms with van der Waals surface area (Å²) in [6.07, 6.45) is -11.7. The highest BCUT2D eigenvalue weighted by atomic mass is 19.4. The van der Waals surface area contributed by atoms with Crippen LogP contribution in [-0.4, -0.2) is 72.4 Å². The molecular weight excluding hydrogens is 602 g/mol. The Morgan fingerprint density at radius 2 is 1.45 bits per heavy atom. The quantitative estimate of drug-likeness (QED) is 0.158. The first-order valence-electron chi connectivity index (χ1n) is 13.3. The number of carbonyl (C=O) groups is 3. The van der Waals surface area contributed by atoms with Gasteiger partial charge in [0.2, 0.25) is 17.7 Å². The van der Waals surface area contributed by atoms with Gasteiger partial charge in [-0.25, -0.2) is 0 Å². The molecule has 2 aromatic rings. The highest BCUT2D eigenvalue weighted by molar-refractivity contribution is 5.90. The monoisotopic (exact) mass is 636 g/mol. The summed E-state index contributed by atoms with van der Waals surface area (Å²) < 4.78 is 80.0. The summed E-state index contributed by atoms with van der Waals surface area (Å²) in [6, 6.07) is 4.62. The lowest BCUT2D eigenvalue weighted by atomic mass is 9.99. The number of carbonyl (C=O) groups excluding carboxylic acids is 3. The molecule has 0 spiro atoms. The van der Waals surface area contributed by atoms with Crippen molar-refractivity contribution in [3.63, 3.8) is 0 Å². The van der Waals surface area contributed by atoms with Crippen LogP contribution in [0.25, 0.3) is 0 Å². The van der Waals surface area contributed by atoms with Crippen molar-refractivity contribution >= 4 is 17.7 Å². The van der Waals surface area contributed by atoms with E-state index in [0.717, 1.165) is 24.3 Å². The van der Waals surface area contributed by atoms with E-state index in [1.165, 1.54) is 17.0 Å². The molecule has 0 radical (unpaired) electrons. The fourth-order valence-electron chi connectivity index (χ4n) is 3.96. The number of amides is 3. The maximum Gasteiger partial charge on any atom is 0.573 e. The Labute approximate surface area is 248 Å². The maximum absolute atomic E-state index is 13.1. The number of alkyl halides is 6. The van der Waals surface area contributed by atoms with Crippen molar-refractivity contribution in [2.24, 2.45) is 17.2 Å². The normalized spacial score (nSPS) is 13.9. The number of aliphatic hydroxyl groups is 1. The Hall–Kier alpha value is -3.93. The molecule has 0 aliphatic heterocycles. The van der Waals surface area contributed by atoms with Crippen molar-refractivity contribution in [1.82, 2.24) is 15.5 Å². The molecule has 17 heteroatoms. The van der Waals surface area contributed by atoms with Gasteiger partial charge in [0.1, 0.15) is 17.9 Å². The Kier molecular flexibility index (Phi) is 13.4. The number of aliphatic hydroxyl groups excluding tert-OH is 1. The van der Waals surface area contributed by atoms with Gasteiger partial charge in [-0.15, -0.1) is 13.2 Å². The van der Waals surface area contributed by atoms with E-state index in [1.54, 1.807) is 0 Å². The van der Waals surface area contributed by atoms with Crippen molar-refractivity contribution < 1.29 is 50.6 Å². The number of rotatable bonds is 15. The first kappa shape index (κ1) is 36.3. The molecule has 44 heavy (non-hydrogen) atoms. The first-order chi connectivity index (χ1) is 20.6. The maximum atomic E-state index is 13.1. The standard InChI is InChI=1S/C27H34F6N6O5/c28-26(29,30)18-5-3-17(4-6-18)23(41)22(25(43)37-15-16-1-7-19(8-2-16)44-27(31,32)33)38-24(42)20(36)9-10-21(40)39(13-11-34)14-12-35/h1-8,20,22-23,41H,9-15,34-36H2,(H,37,43)(H,38,42)/t20-,22?,23+/m0/s1. The van der Waals surface area contributed by atoms with Gasteiger partial charge in [0.05, 0.1) is 11.6 Å². The fraction of sp³-hybridized carbons (Fsp3) is 0.444. The highest BCUT2D eigenvalue weighted by Crippen LogP contribution is 2.30. The van der Waals surface area contributed by atoms with Gasteiger partial charge in [-0.3, -0.25) is 14.4 Å². The number of halogens is 6. The molecule has 9 N–H and O–H groups in total. The zero-order valence-corrected chi connectivity index (χ0v) is 23.3. The van der Waals surface area contributed by atoms with E-state index in [-0.39, 0.29) is 57.0 Å². The van der Waals surface area contributed by atoms with Crippen LogP contribution in [0.2, 0.25) is 0 Å². The van der Waals surface area contributed by atoms with Crippen molar-refractivity contribution in [2.45, 2.75) is 50.1 Å². The van der Waals surface area contributed by atoms with E-state index in [9.17, 15) is 45.8 Å². The average Bonchev–Trinajstić information content (AvgIpc) is 2.96. The third kappa shape index (κ3) is 11.6. The van der Waals surface area contributed by atoms with Gasteiger partial charge < -0.3 is 42.6 Å². The van der Waals surface area contributed by atoms with Crippen molar-refractivity contribution in [3.05, 3.63) is 65.2 Å². The van der Waals surface area contributed by atoms with Gasteiger partial charge >= 0.3 is 12.5 Å². The van der Waals surface area contributed by atoms with Crippen LogP contribution in [0.5, 0.6) is 5.75 Å². The molecule has 0 aliphatic rings. The molecule has 11 nitrogen and oxygen atoms in total. The number of benzene rings is 2. The minimum atomic E-state index is -4.90. The van der Waals surface area contributed by atoms with Gasteiger partial charge in [-0.1, -0.05) is 24.3 Å². The largest absolute Gasteiger partial charge is 0.573 e. The van der Waals surface area contributed by atoms with Crippen molar-refractivity contribution in [3.8, 4) is 5.75 Å². The van der Waals surface area contributed by atoms with Gasteiger partial charge in [0, 0.05) is 39.1 Å². The van der Waals surface area contributed by atoms with Crippen LogP contribution in [0.4, 0.5) is 26.3 Å². The smallest absolute Gasteiger partial charge is 0.406 e. The fourth-order valence-corrected chi connectivity index (χ4v) is 3.96. The highest BCUT2D eigenvalue weighted by Gasteiger charge is 2.34. The topological polar surface area (TPSA) is 186 Å². The molecule has 0 saturated heterocycles. The number of nitrogens with zero attached hydrogens (tertiary/aromatic N) is 1. The van der Waals surface area contributed by atoms with E-state index in [1.807, 2.05) is 0 Å². The minimum absolute atomic E-state index is 0.143. The number of nitrogens with one attached hydrogen (secondary N) is 2. The zero-order valence-electron chi connectivity index (χ0n) is 23.3. The van der Waals surface area contributed by atoms with E-state index >= 15 is 0 Å². The Balaban J connectivity index is 2.17. The lowest BCUT2D eigenvalue weighted by Gasteiger charge is -2.26. The summed E-state index contributed by atoms with van der Waals surface area (Å²) in [7, 11) is 0. The Morgan fingerprint density at radius 3 is 1.95 bits per heavy atom. The molecule has 0 bridgehead atoms. The summed E-state index contributed by atoms with van der Waals surface area (Å²) in [6.45, 7) is 0.564. The molecule has 0 fully saturated rings. The molecule has 3 atom stereocenters. The van der Waals surface area contributed by atoms with Crippen LogP contribution in [0.3, 0.4) is 0 Å². The van der Waals surface area contributed by atoms with Gasteiger partial charge in [-0.05, 0) is 41.8 Å². The summed E-state index contributed by atoms with van der Waals surface area (Å²) in [5, 5.41) is 15.6. The van der Waals surface area contributed by atoms with Gasteiger partial charge in [0.15, 0.2) is 0 Å². The Morgan fingerprint density at radius 1 is 0.886 bits per heavy atom. The van der Waals surface area contributed by atoms with E-state index < -0.39 is 53.9 Å². The van der Waals surface area contributed by atoms with Crippen LogP contribution in [0, 0.1) is 0 Å². The van der Waals surface area contributed by atoms with Crippen molar-refractivity contribution in [1.29, 1.82) is 0 Å². The van der Waals surface area contributed by atoms with Crippen LogP contribution in [-0.2, 0) is 27.1 Å². The minimum Gasteiger partial charge on any atom is -0.406 e. The molecule has 0 saturated carbocycles. The van der Waals surface area contributed by atoms with Crippen LogP contribution >= 0.6 is 0 Å². The predicted octanol–water partition coefficient (Wildman–Crippen LogP) is 1.29. The second-order valence-electron chi connectivity index (χ2n) is 9.56. The third-order valence-corrected chi connectivity index (χ3v) is 6.26. The number of ether oxygens (including phenoxy) is 1. The zero-order chi connectivity index (χ0) is 33.1. The Bertz CT molecular complexity index is 1220. The number of hydrogen-bond donors (Lipinski definition) is 6. The second kappa shape index (κ2) is 16.2. The molecule has 0 heterocycles. The second-order valence-corrected chi connectivity index (χ2v) is 9.56. The van der Waals surface area contributed by atoms with Crippen molar-refractivity contribution in [2.75, 3.05) is 26.2 Å². The lowest BCUT2D eigenvalue weighted by Crippen LogP contribution is -2.54. The molecule has 3 amide bonds. The molecule has 244 valence electrons. The van der Waals surface area contributed by atoms with Crippen LogP contribution < -0.4 is 32.6 Å². The number of nitrogens with two attached hydrogens (primary N) is 3. The molecular formula is C27H34F6N6O5. The average molecular weight is 637 g/mol. The predicted molar refractivity (Wildman–Crippen MR) is 145 cm³/mol. The molecule has 2 rings (SSSR count).